The van der Waals surface area contributed by atoms with E-state index in [0.29, 0.717) is 0 Å². The fourth-order valence-corrected chi connectivity index (χ4v) is 2.33. The number of rotatable bonds is 6. The van der Waals surface area contributed by atoms with Gasteiger partial charge in [-0.25, -0.2) is 0 Å². The van der Waals surface area contributed by atoms with Gasteiger partial charge in [-0.3, -0.25) is 0 Å². The van der Waals surface area contributed by atoms with Gasteiger partial charge >= 0.3 is 0 Å². The third-order valence-corrected chi connectivity index (χ3v) is 3.54. The summed E-state index contributed by atoms with van der Waals surface area (Å²) >= 11 is 5.21. The van der Waals surface area contributed by atoms with Crippen LogP contribution in [0.4, 0.5) is 0 Å². The minimum absolute atomic E-state index is 0.194. The summed E-state index contributed by atoms with van der Waals surface area (Å²) in [7, 11) is 0.194. The molecule has 0 rings (SSSR count). The lowest BCUT2D eigenvalue weighted by atomic mass is 10.3. The largest absolute Gasteiger partial charge is 0.118 e. The molecule has 0 aromatic carbocycles. The summed E-state index contributed by atoms with van der Waals surface area (Å²) in [6, 6.07) is 0. The summed E-state index contributed by atoms with van der Waals surface area (Å²) in [5.74, 6) is 2.24. The normalized spacial score (nSPS) is 12.9. The Hall–Kier alpha value is 0.310. The summed E-state index contributed by atoms with van der Waals surface area (Å²) in [6.07, 6.45) is 5.86. The van der Waals surface area contributed by atoms with Crippen molar-refractivity contribution in [2.45, 2.75) is 26.2 Å². The minimum atomic E-state index is 0.194. The molecule has 0 radical (unpaired) electrons. The zero-order valence-corrected chi connectivity index (χ0v) is 8.27. The first-order valence-electron chi connectivity index (χ1n) is 3.77. The number of unbranched alkanes of at least 4 members (excludes halogenated alkanes) is 2. The molecule has 1 atom stereocenters. The van der Waals surface area contributed by atoms with Gasteiger partial charge in [-0.05, 0) is 12.2 Å². The van der Waals surface area contributed by atoms with Gasteiger partial charge in [0, 0.05) is 5.75 Å². The zero-order chi connectivity index (χ0) is 7.82. The van der Waals surface area contributed by atoms with Gasteiger partial charge in [0.1, 0.15) is 0 Å². The van der Waals surface area contributed by atoms with Crippen LogP contribution >= 0.6 is 0 Å². The van der Waals surface area contributed by atoms with Crippen LogP contribution in [0, 0.1) is 0 Å². The molecule has 0 bridgehead atoms. The third kappa shape index (κ3) is 6.43. The third-order valence-electron chi connectivity index (χ3n) is 1.28. The molecule has 2 heteroatoms. The Labute approximate surface area is 71.3 Å². The van der Waals surface area contributed by atoms with Gasteiger partial charge < -0.3 is 0 Å². The van der Waals surface area contributed by atoms with Gasteiger partial charge in [0.2, 0.25) is 0 Å². The molecular formula is C8H16S2. The standard InChI is InChI=1S/C8H16S2/c1-3-5-6-8-10(9)7-4-2/h4H,2-3,5-8H2,1H3. The first-order chi connectivity index (χ1) is 4.81. The van der Waals surface area contributed by atoms with Crippen molar-refractivity contribution in [1.82, 2.24) is 0 Å². The topological polar surface area (TPSA) is 0 Å². The Bertz CT molecular complexity index is 108. The minimum Gasteiger partial charge on any atom is -0.118 e. The lowest BCUT2D eigenvalue weighted by molar-refractivity contribution is 0.778. The molecule has 0 amide bonds. The highest BCUT2D eigenvalue weighted by molar-refractivity contribution is 8.28. The van der Waals surface area contributed by atoms with Crippen molar-refractivity contribution in [3.8, 4) is 0 Å². The van der Waals surface area contributed by atoms with Crippen molar-refractivity contribution in [2.24, 2.45) is 0 Å². The second-order valence-corrected chi connectivity index (χ2v) is 5.34. The first-order valence-corrected chi connectivity index (χ1v) is 6.26. The second kappa shape index (κ2) is 7.42. The maximum absolute atomic E-state index is 5.21. The maximum atomic E-state index is 5.21. The summed E-state index contributed by atoms with van der Waals surface area (Å²) in [5, 5.41) is 0. The number of hydrogen-bond acceptors (Lipinski definition) is 1. The Morgan fingerprint density at radius 1 is 1.50 bits per heavy atom. The summed E-state index contributed by atoms with van der Waals surface area (Å²) in [5.41, 5.74) is 0. The molecule has 1 unspecified atom stereocenters. The van der Waals surface area contributed by atoms with Crippen LogP contribution in [0.1, 0.15) is 26.2 Å². The molecule has 0 aromatic rings. The molecule has 0 fully saturated rings. The molecule has 0 spiro atoms. The van der Waals surface area contributed by atoms with Gasteiger partial charge in [0.15, 0.2) is 0 Å². The van der Waals surface area contributed by atoms with Crippen molar-refractivity contribution >= 4 is 20.6 Å². The average Bonchev–Trinajstić information content (AvgIpc) is 1.89. The predicted octanol–water partition coefficient (Wildman–Crippen LogP) is 2.44. The van der Waals surface area contributed by atoms with E-state index in [1.165, 1.54) is 25.0 Å². The van der Waals surface area contributed by atoms with Crippen LogP contribution in [0.3, 0.4) is 0 Å². The molecule has 0 N–H and O–H groups in total. The highest BCUT2D eigenvalue weighted by Gasteiger charge is 1.90. The molecule has 0 aliphatic rings. The predicted molar refractivity (Wildman–Crippen MR) is 54.2 cm³/mol. The van der Waals surface area contributed by atoms with E-state index in [9.17, 15) is 0 Å². The zero-order valence-electron chi connectivity index (χ0n) is 6.64. The molecule has 0 nitrogen and oxygen atoms in total. The van der Waals surface area contributed by atoms with E-state index in [4.69, 9.17) is 11.2 Å². The van der Waals surface area contributed by atoms with Gasteiger partial charge in [-0.2, -0.15) is 0 Å². The van der Waals surface area contributed by atoms with Crippen LogP contribution in [0.25, 0.3) is 0 Å². The van der Waals surface area contributed by atoms with Crippen molar-refractivity contribution in [2.75, 3.05) is 11.5 Å². The van der Waals surface area contributed by atoms with E-state index in [0.717, 1.165) is 5.75 Å². The lowest BCUT2D eigenvalue weighted by Crippen LogP contribution is -1.98. The molecule has 0 heterocycles. The van der Waals surface area contributed by atoms with E-state index in [-0.39, 0.29) is 9.45 Å². The monoisotopic (exact) mass is 176 g/mol. The Kier molecular flexibility index (Phi) is 7.65. The lowest BCUT2D eigenvalue weighted by Gasteiger charge is -1.99. The molecule has 60 valence electrons. The highest BCUT2D eigenvalue weighted by atomic mass is 32.8. The van der Waals surface area contributed by atoms with Crippen LogP contribution in [0.2, 0.25) is 0 Å². The van der Waals surface area contributed by atoms with Crippen molar-refractivity contribution in [1.29, 1.82) is 0 Å². The van der Waals surface area contributed by atoms with E-state index in [1.807, 2.05) is 6.08 Å². The first kappa shape index (κ1) is 10.3. The Morgan fingerprint density at radius 2 is 2.20 bits per heavy atom. The van der Waals surface area contributed by atoms with E-state index < -0.39 is 0 Å². The smallest absolute Gasteiger partial charge is 0.0157 e. The Morgan fingerprint density at radius 3 is 2.70 bits per heavy atom. The number of hydrogen-bond donors (Lipinski definition) is 0. The van der Waals surface area contributed by atoms with Crippen LogP contribution in [0.5, 0.6) is 0 Å². The average molecular weight is 176 g/mol. The molecule has 0 saturated heterocycles. The van der Waals surface area contributed by atoms with Crippen molar-refractivity contribution < 1.29 is 0 Å². The molecule has 0 aliphatic carbocycles. The molecule has 10 heavy (non-hydrogen) atoms. The van der Waals surface area contributed by atoms with Gasteiger partial charge in [0.05, 0.1) is 0 Å². The van der Waals surface area contributed by atoms with Gasteiger partial charge in [-0.1, -0.05) is 37.0 Å². The van der Waals surface area contributed by atoms with Crippen LogP contribution in [-0.2, 0) is 20.6 Å². The molecular weight excluding hydrogens is 160 g/mol. The van der Waals surface area contributed by atoms with Gasteiger partial charge in [-0.15, -0.1) is 16.0 Å². The molecule has 0 aromatic heterocycles. The SMILES string of the molecule is C=CCS(=S)CCCCC. The maximum Gasteiger partial charge on any atom is 0.0157 e. The Balaban J connectivity index is 3.13. The van der Waals surface area contributed by atoms with Crippen LogP contribution < -0.4 is 0 Å². The fourth-order valence-electron chi connectivity index (χ4n) is 0.728. The van der Waals surface area contributed by atoms with E-state index >= 15 is 0 Å². The van der Waals surface area contributed by atoms with Crippen molar-refractivity contribution in [3.05, 3.63) is 12.7 Å². The molecule has 0 saturated carbocycles. The summed E-state index contributed by atoms with van der Waals surface area (Å²) in [4.78, 5) is 0. The quantitative estimate of drug-likeness (QED) is 0.442. The van der Waals surface area contributed by atoms with E-state index in [1.54, 1.807) is 0 Å². The second-order valence-electron chi connectivity index (χ2n) is 2.31. The highest BCUT2D eigenvalue weighted by Crippen LogP contribution is 1.96. The summed E-state index contributed by atoms with van der Waals surface area (Å²) in [6.45, 7) is 5.89. The summed E-state index contributed by atoms with van der Waals surface area (Å²) < 4.78 is 0. The molecule has 0 aliphatic heterocycles. The van der Waals surface area contributed by atoms with Crippen LogP contribution in [-0.4, -0.2) is 11.5 Å². The van der Waals surface area contributed by atoms with E-state index in [2.05, 4.69) is 13.5 Å². The van der Waals surface area contributed by atoms with Crippen LogP contribution in [0.15, 0.2) is 12.7 Å². The van der Waals surface area contributed by atoms with Crippen molar-refractivity contribution in [3.63, 3.8) is 0 Å². The van der Waals surface area contributed by atoms with Gasteiger partial charge in [0.25, 0.3) is 0 Å². The fraction of sp³-hybridized carbons (Fsp3) is 0.750.